The molecule has 2 amide bonds. The highest BCUT2D eigenvalue weighted by atomic mass is 19.1. The lowest BCUT2D eigenvalue weighted by Crippen LogP contribution is -2.30. The van der Waals surface area contributed by atoms with Crippen molar-refractivity contribution in [3.63, 3.8) is 0 Å². The summed E-state index contributed by atoms with van der Waals surface area (Å²) in [6, 6.07) is 14.1. The van der Waals surface area contributed by atoms with E-state index in [4.69, 9.17) is 0 Å². The van der Waals surface area contributed by atoms with Crippen LogP contribution in [-0.4, -0.2) is 22.4 Å². The van der Waals surface area contributed by atoms with Crippen molar-refractivity contribution in [1.82, 2.24) is 15.1 Å². The smallest absolute Gasteiger partial charge is 0.319 e. The molecule has 5 nitrogen and oxygen atoms in total. The second-order valence-electron chi connectivity index (χ2n) is 5.73. The Morgan fingerprint density at radius 3 is 2.68 bits per heavy atom. The fraction of sp³-hybridized carbons (Fsp3) is 0.158. The van der Waals surface area contributed by atoms with E-state index in [1.807, 2.05) is 36.5 Å². The predicted molar refractivity (Wildman–Crippen MR) is 95.4 cm³/mol. The van der Waals surface area contributed by atoms with E-state index >= 15 is 0 Å². The van der Waals surface area contributed by atoms with Crippen LogP contribution in [0, 0.1) is 12.7 Å². The molecular weight excluding hydrogens is 319 g/mol. The van der Waals surface area contributed by atoms with Gasteiger partial charge in [0.1, 0.15) is 5.82 Å². The van der Waals surface area contributed by atoms with E-state index in [-0.39, 0.29) is 5.69 Å². The number of hydrogen-bond acceptors (Lipinski definition) is 2. The molecule has 3 aromatic rings. The molecule has 1 aromatic heterocycles. The van der Waals surface area contributed by atoms with Gasteiger partial charge in [-0.25, -0.2) is 13.9 Å². The Hall–Kier alpha value is -3.15. The van der Waals surface area contributed by atoms with E-state index in [9.17, 15) is 9.18 Å². The summed E-state index contributed by atoms with van der Waals surface area (Å²) in [5.74, 6) is -0.440. The Bertz CT molecular complexity index is 844. The van der Waals surface area contributed by atoms with Crippen LogP contribution < -0.4 is 10.6 Å². The number of carbonyl (C=O) groups excluding carboxylic acids is 1. The molecule has 0 saturated carbocycles. The molecule has 128 valence electrons. The van der Waals surface area contributed by atoms with E-state index in [2.05, 4.69) is 15.7 Å². The van der Waals surface area contributed by atoms with E-state index in [1.165, 1.54) is 6.07 Å². The zero-order valence-corrected chi connectivity index (χ0v) is 13.9. The van der Waals surface area contributed by atoms with Gasteiger partial charge in [0.25, 0.3) is 0 Å². The Labute approximate surface area is 145 Å². The molecule has 0 radical (unpaired) electrons. The van der Waals surface area contributed by atoms with Gasteiger partial charge < -0.3 is 10.6 Å². The van der Waals surface area contributed by atoms with Crippen LogP contribution in [0.1, 0.15) is 11.1 Å². The molecule has 0 aliphatic carbocycles. The maximum absolute atomic E-state index is 13.7. The molecule has 0 spiro atoms. The van der Waals surface area contributed by atoms with E-state index < -0.39 is 11.8 Å². The van der Waals surface area contributed by atoms with Crippen molar-refractivity contribution in [3.8, 4) is 5.69 Å². The van der Waals surface area contributed by atoms with Gasteiger partial charge in [-0.05, 0) is 54.8 Å². The summed E-state index contributed by atoms with van der Waals surface area (Å²) in [7, 11) is 0. The van der Waals surface area contributed by atoms with Gasteiger partial charge in [0.05, 0.1) is 11.4 Å². The summed E-state index contributed by atoms with van der Waals surface area (Å²) in [5.41, 5.74) is 3.06. The van der Waals surface area contributed by atoms with Crippen LogP contribution in [0.3, 0.4) is 0 Å². The summed E-state index contributed by atoms with van der Waals surface area (Å²) in [5, 5.41) is 9.42. The molecular formula is C19H19FN4O. The van der Waals surface area contributed by atoms with Gasteiger partial charge in [-0.3, -0.25) is 0 Å². The number of hydrogen-bond donors (Lipinski definition) is 2. The summed E-state index contributed by atoms with van der Waals surface area (Å²) in [6.07, 6.45) is 4.29. The van der Waals surface area contributed by atoms with Crippen LogP contribution in [0.4, 0.5) is 14.9 Å². The zero-order chi connectivity index (χ0) is 17.6. The number of benzene rings is 2. The molecule has 0 saturated heterocycles. The second-order valence-corrected chi connectivity index (χ2v) is 5.73. The average Bonchev–Trinajstić information content (AvgIpc) is 3.13. The number of carbonyl (C=O) groups is 1. The topological polar surface area (TPSA) is 59.0 Å². The van der Waals surface area contributed by atoms with Gasteiger partial charge in [0.2, 0.25) is 0 Å². The third-order valence-electron chi connectivity index (χ3n) is 3.78. The van der Waals surface area contributed by atoms with E-state index in [0.29, 0.717) is 13.0 Å². The fourth-order valence-electron chi connectivity index (χ4n) is 2.45. The highest BCUT2D eigenvalue weighted by molar-refractivity contribution is 5.89. The monoisotopic (exact) mass is 338 g/mol. The molecule has 3 rings (SSSR count). The first-order valence-corrected chi connectivity index (χ1v) is 8.02. The lowest BCUT2D eigenvalue weighted by Gasteiger charge is -2.09. The number of anilines is 1. The van der Waals surface area contributed by atoms with Gasteiger partial charge in [-0.1, -0.05) is 18.2 Å². The number of rotatable bonds is 5. The number of nitrogens with one attached hydrogen (secondary N) is 2. The Kier molecular flexibility index (Phi) is 5.09. The molecule has 0 unspecified atom stereocenters. The maximum atomic E-state index is 13.7. The van der Waals surface area contributed by atoms with E-state index in [1.54, 1.807) is 29.9 Å². The van der Waals surface area contributed by atoms with E-state index in [0.717, 1.165) is 16.8 Å². The minimum absolute atomic E-state index is 0.173. The van der Waals surface area contributed by atoms with Crippen molar-refractivity contribution in [2.75, 3.05) is 11.9 Å². The minimum atomic E-state index is -0.440. The summed E-state index contributed by atoms with van der Waals surface area (Å²) in [6.45, 7) is 2.25. The van der Waals surface area contributed by atoms with Gasteiger partial charge in [-0.2, -0.15) is 5.10 Å². The number of amides is 2. The van der Waals surface area contributed by atoms with Crippen LogP contribution in [-0.2, 0) is 6.42 Å². The number of urea groups is 1. The predicted octanol–water partition coefficient (Wildman–Crippen LogP) is 3.68. The standard InChI is InChI=1S/C19H19FN4O/c1-14-3-8-18(17(20)13-14)23-19(25)21-11-9-15-4-6-16(7-5-15)24-12-2-10-22-24/h2-8,10,12-13H,9,11H2,1H3,(H2,21,23,25). The van der Waals surface area contributed by atoms with Crippen LogP contribution in [0.25, 0.3) is 5.69 Å². The van der Waals surface area contributed by atoms with Crippen molar-refractivity contribution in [3.05, 3.63) is 77.9 Å². The quantitative estimate of drug-likeness (QED) is 0.745. The average molecular weight is 338 g/mol. The summed E-state index contributed by atoms with van der Waals surface area (Å²) < 4.78 is 15.5. The largest absolute Gasteiger partial charge is 0.338 e. The number of aryl methyl sites for hydroxylation is 1. The van der Waals surface area contributed by atoms with Crippen LogP contribution in [0.15, 0.2) is 60.9 Å². The molecule has 0 aliphatic rings. The zero-order valence-electron chi connectivity index (χ0n) is 13.9. The molecule has 0 bridgehead atoms. The molecule has 2 N–H and O–H groups in total. The number of nitrogens with zero attached hydrogens (tertiary/aromatic N) is 2. The first kappa shape index (κ1) is 16.7. The maximum Gasteiger partial charge on any atom is 0.319 e. The van der Waals surface area contributed by atoms with Gasteiger partial charge in [0.15, 0.2) is 0 Å². The molecule has 6 heteroatoms. The Balaban J connectivity index is 1.48. The van der Waals surface area contributed by atoms with Gasteiger partial charge >= 0.3 is 6.03 Å². The van der Waals surface area contributed by atoms with Crippen molar-refractivity contribution < 1.29 is 9.18 Å². The highest BCUT2D eigenvalue weighted by Crippen LogP contribution is 2.15. The lowest BCUT2D eigenvalue weighted by molar-refractivity contribution is 0.252. The third kappa shape index (κ3) is 4.44. The lowest BCUT2D eigenvalue weighted by atomic mass is 10.1. The normalized spacial score (nSPS) is 10.5. The second kappa shape index (κ2) is 7.61. The number of aromatic nitrogens is 2. The minimum Gasteiger partial charge on any atom is -0.338 e. The van der Waals surface area contributed by atoms with Crippen molar-refractivity contribution >= 4 is 11.7 Å². The molecule has 1 heterocycles. The van der Waals surface area contributed by atoms with Crippen molar-refractivity contribution in [2.24, 2.45) is 0 Å². The first-order chi connectivity index (χ1) is 12.1. The number of halogens is 1. The van der Waals surface area contributed by atoms with Gasteiger partial charge in [0, 0.05) is 18.9 Å². The molecule has 2 aromatic carbocycles. The SMILES string of the molecule is Cc1ccc(NC(=O)NCCc2ccc(-n3cccn3)cc2)c(F)c1. The molecule has 0 aliphatic heterocycles. The van der Waals surface area contributed by atoms with Crippen LogP contribution in [0.2, 0.25) is 0 Å². The van der Waals surface area contributed by atoms with Crippen LogP contribution in [0.5, 0.6) is 0 Å². The van der Waals surface area contributed by atoms with Crippen molar-refractivity contribution in [1.29, 1.82) is 0 Å². The Morgan fingerprint density at radius 2 is 2.00 bits per heavy atom. The third-order valence-corrected chi connectivity index (χ3v) is 3.78. The van der Waals surface area contributed by atoms with Gasteiger partial charge in [-0.15, -0.1) is 0 Å². The Morgan fingerprint density at radius 1 is 1.20 bits per heavy atom. The highest BCUT2D eigenvalue weighted by Gasteiger charge is 2.06. The fourth-order valence-corrected chi connectivity index (χ4v) is 2.45. The summed E-state index contributed by atoms with van der Waals surface area (Å²) >= 11 is 0. The molecule has 0 atom stereocenters. The molecule has 25 heavy (non-hydrogen) atoms. The van der Waals surface area contributed by atoms with Crippen molar-refractivity contribution in [2.45, 2.75) is 13.3 Å². The first-order valence-electron chi connectivity index (χ1n) is 8.02. The summed E-state index contributed by atoms with van der Waals surface area (Å²) in [4.78, 5) is 11.8. The van der Waals surface area contributed by atoms with Crippen LogP contribution >= 0.6 is 0 Å². The molecule has 0 fully saturated rings.